The van der Waals surface area contributed by atoms with Gasteiger partial charge in [0.15, 0.2) is 0 Å². The molecule has 1 N–H and O–H groups in total. The number of nitrogens with zero attached hydrogens (tertiary/aromatic N) is 2. The number of aromatic nitrogens is 1. The van der Waals surface area contributed by atoms with Crippen LogP contribution in [0.25, 0.3) is 10.9 Å². The average Bonchev–Trinajstić information content (AvgIpc) is 3.17. The van der Waals surface area contributed by atoms with E-state index in [9.17, 15) is 9.59 Å². The fourth-order valence-electron chi connectivity index (χ4n) is 3.39. The lowest BCUT2D eigenvalue weighted by atomic mass is 10.1. The highest BCUT2D eigenvalue weighted by atomic mass is 16.2. The van der Waals surface area contributed by atoms with Gasteiger partial charge in [-0.05, 0) is 38.0 Å². The van der Waals surface area contributed by atoms with Gasteiger partial charge >= 0.3 is 0 Å². The second-order valence-corrected chi connectivity index (χ2v) is 6.68. The summed E-state index contributed by atoms with van der Waals surface area (Å²) in [4.78, 5) is 26.8. The Hall–Kier alpha value is -2.30. The molecule has 5 heteroatoms. The largest absolute Gasteiger partial charge is 0.356 e. The van der Waals surface area contributed by atoms with Gasteiger partial charge < -0.3 is 14.8 Å². The molecule has 0 radical (unpaired) electrons. The monoisotopic (exact) mass is 327 g/mol. The highest BCUT2D eigenvalue weighted by molar-refractivity contribution is 5.99. The molecule has 128 valence electrons. The predicted molar refractivity (Wildman–Crippen MR) is 95.0 cm³/mol. The summed E-state index contributed by atoms with van der Waals surface area (Å²) in [6.07, 6.45) is 1.67. The molecule has 1 aliphatic rings. The van der Waals surface area contributed by atoms with E-state index in [2.05, 4.69) is 17.4 Å². The maximum absolute atomic E-state index is 12.9. The van der Waals surface area contributed by atoms with E-state index in [1.54, 1.807) is 4.90 Å². The molecule has 1 aliphatic heterocycles. The van der Waals surface area contributed by atoms with E-state index >= 15 is 0 Å². The number of aryl methyl sites for hydroxylation is 2. The number of carbonyl (C=O) groups is 2. The molecule has 3 rings (SSSR count). The minimum atomic E-state index is -0.0857. The third-order valence-corrected chi connectivity index (χ3v) is 4.81. The molecule has 0 bridgehead atoms. The van der Waals surface area contributed by atoms with Crippen LogP contribution in [0.2, 0.25) is 0 Å². The molecule has 2 aromatic rings. The average molecular weight is 327 g/mol. The summed E-state index contributed by atoms with van der Waals surface area (Å²) in [7, 11) is 1.92. The van der Waals surface area contributed by atoms with Crippen LogP contribution in [0.4, 0.5) is 0 Å². The Morgan fingerprint density at radius 3 is 2.83 bits per heavy atom. The molecule has 2 heterocycles. The minimum absolute atomic E-state index is 0.0112. The Morgan fingerprint density at radius 1 is 1.29 bits per heavy atom. The summed E-state index contributed by atoms with van der Waals surface area (Å²) in [6.45, 7) is 5.94. The highest BCUT2D eigenvalue weighted by Crippen LogP contribution is 2.24. The van der Waals surface area contributed by atoms with E-state index in [1.807, 2.05) is 37.6 Å². The van der Waals surface area contributed by atoms with Gasteiger partial charge in [0, 0.05) is 37.6 Å². The van der Waals surface area contributed by atoms with Crippen molar-refractivity contribution in [2.75, 3.05) is 19.6 Å². The second kappa shape index (κ2) is 6.67. The van der Waals surface area contributed by atoms with Gasteiger partial charge in [-0.3, -0.25) is 9.59 Å². The summed E-state index contributed by atoms with van der Waals surface area (Å²) in [6, 6.07) is 8.15. The third-order valence-electron chi connectivity index (χ3n) is 4.81. The number of hydrogen-bond acceptors (Lipinski definition) is 2. The first-order chi connectivity index (χ1) is 11.5. The first-order valence-corrected chi connectivity index (χ1v) is 8.64. The SMILES string of the molecule is CCCNC(=O)C1CCN(C(=O)c2cc3cc(C)ccc3n2C)C1. The van der Waals surface area contributed by atoms with Gasteiger partial charge in [-0.25, -0.2) is 0 Å². The predicted octanol–water partition coefficient (Wildman–Crippen LogP) is 2.48. The smallest absolute Gasteiger partial charge is 0.270 e. The van der Waals surface area contributed by atoms with Crippen molar-refractivity contribution in [1.82, 2.24) is 14.8 Å². The van der Waals surface area contributed by atoms with Gasteiger partial charge in [-0.15, -0.1) is 0 Å². The molecular weight excluding hydrogens is 302 g/mol. The summed E-state index contributed by atoms with van der Waals surface area (Å²) >= 11 is 0. The zero-order chi connectivity index (χ0) is 17.3. The molecule has 1 saturated heterocycles. The normalized spacial score (nSPS) is 17.5. The fraction of sp³-hybridized carbons (Fsp3) is 0.474. The molecule has 0 saturated carbocycles. The van der Waals surface area contributed by atoms with Crippen molar-refractivity contribution in [2.24, 2.45) is 13.0 Å². The Labute approximate surface area is 142 Å². The fourth-order valence-corrected chi connectivity index (χ4v) is 3.39. The number of nitrogens with one attached hydrogen (secondary N) is 1. The van der Waals surface area contributed by atoms with Crippen molar-refractivity contribution in [3.63, 3.8) is 0 Å². The Kier molecular flexibility index (Phi) is 4.60. The Balaban J connectivity index is 1.76. The van der Waals surface area contributed by atoms with E-state index < -0.39 is 0 Å². The minimum Gasteiger partial charge on any atom is -0.356 e. The lowest BCUT2D eigenvalue weighted by molar-refractivity contribution is -0.124. The molecule has 0 spiro atoms. The molecule has 2 amide bonds. The molecule has 0 aliphatic carbocycles. The Bertz CT molecular complexity index is 778. The summed E-state index contributed by atoms with van der Waals surface area (Å²) in [5, 5.41) is 4.01. The van der Waals surface area contributed by atoms with Crippen molar-refractivity contribution >= 4 is 22.7 Å². The maximum atomic E-state index is 12.9. The molecule has 1 atom stereocenters. The molecule has 1 aromatic carbocycles. The lowest BCUT2D eigenvalue weighted by Crippen LogP contribution is -2.35. The quantitative estimate of drug-likeness (QED) is 0.938. The van der Waals surface area contributed by atoms with E-state index in [-0.39, 0.29) is 17.7 Å². The number of hydrogen-bond donors (Lipinski definition) is 1. The Morgan fingerprint density at radius 2 is 2.08 bits per heavy atom. The van der Waals surface area contributed by atoms with Crippen molar-refractivity contribution in [3.8, 4) is 0 Å². The summed E-state index contributed by atoms with van der Waals surface area (Å²) < 4.78 is 1.95. The van der Waals surface area contributed by atoms with Crippen molar-refractivity contribution in [2.45, 2.75) is 26.7 Å². The first kappa shape index (κ1) is 16.6. The zero-order valence-corrected chi connectivity index (χ0v) is 14.6. The van der Waals surface area contributed by atoms with Crippen molar-refractivity contribution < 1.29 is 9.59 Å². The van der Waals surface area contributed by atoms with Crippen LogP contribution in [0.5, 0.6) is 0 Å². The molecular formula is C19H25N3O2. The van der Waals surface area contributed by atoms with E-state index in [0.29, 0.717) is 25.3 Å². The van der Waals surface area contributed by atoms with Crippen LogP contribution in [-0.2, 0) is 11.8 Å². The van der Waals surface area contributed by atoms with Crippen molar-refractivity contribution in [3.05, 3.63) is 35.5 Å². The number of likely N-dealkylation sites (tertiary alicyclic amines) is 1. The van der Waals surface area contributed by atoms with Crippen LogP contribution in [0.1, 0.15) is 35.8 Å². The number of benzene rings is 1. The zero-order valence-electron chi connectivity index (χ0n) is 14.6. The van der Waals surface area contributed by atoms with Gasteiger partial charge in [0.25, 0.3) is 5.91 Å². The van der Waals surface area contributed by atoms with Gasteiger partial charge in [-0.2, -0.15) is 0 Å². The first-order valence-electron chi connectivity index (χ1n) is 8.64. The number of rotatable bonds is 4. The van der Waals surface area contributed by atoms with Crippen LogP contribution in [0.3, 0.4) is 0 Å². The van der Waals surface area contributed by atoms with E-state index in [0.717, 1.165) is 23.7 Å². The van der Waals surface area contributed by atoms with Gasteiger partial charge in [-0.1, -0.05) is 18.6 Å². The molecule has 24 heavy (non-hydrogen) atoms. The van der Waals surface area contributed by atoms with Crippen LogP contribution < -0.4 is 5.32 Å². The standard InChI is InChI=1S/C19H25N3O2/c1-4-8-20-18(23)14-7-9-22(12-14)19(24)17-11-15-10-13(2)5-6-16(15)21(17)3/h5-6,10-11,14H,4,7-9,12H2,1-3H3,(H,20,23). The molecule has 1 unspecified atom stereocenters. The van der Waals surface area contributed by atoms with Gasteiger partial charge in [0.1, 0.15) is 5.69 Å². The van der Waals surface area contributed by atoms with Gasteiger partial charge in [0.2, 0.25) is 5.91 Å². The summed E-state index contributed by atoms with van der Waals surface area (Å²) in [5.74, 6) is -0.00519. The molecule has 1 aromatic heterocycles. The van der Waals surface area contributed by atoms with E-state index in [4.69, 9.17) is 0 Å². The van der Waals surface area contributed by atoms with Gasteiger partial charge in [0.05, 0.1) is 5.92 Å². The topological polar surface area (TPSA) is 54.3 Å². The second-order valence-electron chi connectivity index (χ2n) is 6.68. The molecule has 5 nitrogen and oxygen atoms in total. The number of fused-ring (bicyclic) bond motifs is 1. The summed E-state index contributed by atoms with van der Waals surface area (Å²) in [5.41, 5.74) is 2.92. The van der Waals surface area contributed by atoms with Crippen LogP contribution >= 0.6 is 0 Å². The van der Waals surface area contributed by atoms with Crippen LogP contribution in [-0.4, -0.2) is 40.9 Å². The van der Waals surface area contributed by atoms with Crippen LogP contribution in [0, 0.1) is 12.8 Å². The lowest BCUT2D eigenvalue weighted by Gasteiger charge is -2.17. The maximum Gasteiger partial charge on any atom is 0.270 e. The number of carbonyl (C=O) groups excluding carboxylic acids is 2. The van der Waals surface area contributed by atoms with E-state index in [1.165, 1.54) is 5.56 Å². The number of amides is 2. The highest BCUT2D eigenvalue weighted by Gasteiger charge is 2.32. The van der Waals surface area contributed by atoms with Crippen LogP contribution in [0.15, 0.2) is 24.3 Å². The third kappa shape index (κ3) is 3.03. The molecule has 1 fully saturated rings. The van der Waals surface area contributed by atoms with Crippen molar-refractivity contribution in [1.29, 1.82) is 0 Å².